The Kier molecular flexibility index (Phi) is 6.63. The third-order valence-corrected chi connectivity index (χ3v) is 8.56. The number of rotatable bonds is 4. The van der Waals surface area contributed by atoms with Crippen LogP contribution in [0.4, 0.5) is 0 Å². The van der Waals surface area contributed by atoms with E-state index in [1.165, 1.54) is 41.5 Å². The van der Waals surface area contributed by atoms with E-state index in [1.807, 2.05) is 0 Å². The van der Waals surface area contributed by atoms with Gasteiger partial charge in [0, 0.05) is 0 Å². The molecule has 0 amide bonds. The molecule has 0 rings (SSSR count). The summed E-state index contributed by atoms with van der Waals surface area (Å²) in [6.45, 7) is 8.29. The molecular formula is C11H20Cl2O8P2. The van der Waals surface area contributed by atoms with Gasteiger partial charge in [0.2, 0.25) is 0 Å². The molecule has 0 radical (unpaired) electrons. The predicted molar refractivity (Wildman–Crippen MR) is 85.2 cm³/mol. The zero-order valence-electron chi connectivity index (χ0n) is 13.5. The molecule has 0 atom stereocenters. The maximum atomic E-state index is 12.8. The van der Waals surface area contributed by atoms with Crippen LogP contribution in [0.5, 0.6) is 0 Å². The van der Waals surface area contributed by atoms with Crippen molar-refractivity contribution in [1.82, 2.24) is 0 Å². The van der Waals surface area contributed by atoms with E-state index in [2.05, 4.69) is 9.05 Å². The van der Waals surface area contributed by atoms with Crippen molar-refractivity contribution >= 4 is 50.3 Å². The summed E-state index contributed by atoms with van der Waals surface area (Å²) in [5.41, 5.74) is -2.44. The van der Waals surface area contributed by atoms with Gasteiger partial charge in [0.15, 0.2) is 0 Å². The monoisotopic (exact) mass is 412 g/mol. The predicted octanol–water partition coefficient (Wildman–Crippen LogP) is 3.62. The van der Waals surface area contributed by atoms with Crippen LogP contribution in [0.1, 0.15) is 41.5 Å². The van der Waals surface area contributed by atoms with Crippen LogP contribution in [0.25, 0.3) is 0 Å². The van der Waals surface area contributed by atoms with E-state index < -0.39 is 41.8 Å². The highest BCUT2D eigenvalue weighted by Crippen LogP contribution is 2.78. The van der Waals surface area contributed by atoms with Crippen molar-refractivity contribution in [2.45, 2.75) is 45.4 Å². The van der Waals surface area contributed by atoms with Gasteiger partial charge in [0.05, 0.1) is 10.8 Å². The largest absolute Gasteiger partial charge is 0.483 e. The second kappa shape index (κ2) is 6.66. The minimum absolute atomic E-state index is 1.17. The van der Waals surface area contributed by atoms with Crippen molar-refractivity contribution in [3.63, 3.8) is 0 Å². The molecule has 0 saturated carbocycles. The number of carbonyl (C=O) groups excluding carboxylic acids is 2. The lowest BCUT2D eigenvalue weighted by molar-refractivity contribution is -0.147. The second-order valence-corrected chi connectivity index (χ2v) is 13.3. The molecule has 0 aromatic carbocycles. The lowest BCUT2D eigenvalue weighted by Crippen LogP contribution is -2.30. The summed E-state index contributed by atoms with van der Waals surface area (Å²) in [5.74, 6) is -2.33. The molecule has 0 aliphatic heterocycles. The number of carbonyl (C=O) groups is 2. The molecule has 136 valence electrons. The van der Waals surface area contributed by atoms with Crippen LogP contribution >= 0.6 is 38.4 Å². The van der Waals surface area contributed by atoms with Crippen molar-refractivity contribution in [3.05, 3.63) is 0 Å². The summed E-state index contributed by atoms with van der Waals surface area (Å²) in [4.78, 5) is 42.3. The van der Waals surface area contributed by atoms with Gasteiger partial charge < -0.3 is 18.8 Å². The van der Waals surface area contributed by atoms with Crippen molar-refractivity contribution in [2.24, 2.45) is 10.8 Å². The molecule has 0 aliphatic rings. The molecular weight excluding hydrogens is 393 g/mol. The van der Waals surface area contributed by atoms with Crippen molar-refractivity contribution in [3.8, 4) is 0 Å². The van der Waals surface area contributed by atoms with Crippen LogP contribution in [-0.4, -0.2) is 25.5 Å². The van der Waals surface area contributed by atoms with Crippen LogP contribution in [0.3, 0.4) is 0 Å². The Balaban J connectivity index is 6.02. The van der Waals surface area contributed by atoms with E-state index in [0.29, 0.717) is 0 Å². The average molecular weight is 413 g/mol. The van der Waals surface area contributed by atoms with Gasteiger partial charge in [-0.25, -0.2) is 4.57 Å². The number of alkyl halides is 2. The second-order valence-electron chi connectivity index (χ2n) is 6.81. The normalized spacial score (nSPS) is 14.3. The highest BCUT2D eigenvalue weighted by molar-refractivity contribution is 7.79. The molecule has 12 heteroatoms. The molecule has 0 fully saturated rings. The quantitative estimate of drug-likeness (QED) is 0.529. The van der Waals surface area contributed by atoms with Crippen LogP contribution < -0.4 is 0 Å². The summed E-state index contributed by atoms with van der Waals surface area (Å²) in [5, 5.41) is 0. The van der Waals surface area contributed by atoms with Crippen LogP contribution in [0.2, 0.25) is 0 Å². The van der Waals surface area contributed by atoms with Gasteiger partial charge in [-0.05, 0) is 41.5 Å². The number of hydrogen-bond acceptors (Lipinski definition) is 6. The molecule has 0 bridgehead atoms. The van der Waals surface area contributed by atoms with Gasteiger partial charge in [-0.15, -0.1) is 0 Å². The molecule has 2 N–H and O–H groups in total. The molecule has 0 spiro atoms. The Morgan fingerprint density at radius 1 is 0.826 bits per heavy atom. The summed E-state index contributed by atoms with van der Waals surface area (Å²) < 4.78 is 29.9. The highest BCUT2D eigenvalue weighted by Gasteiger charge is 2.66. The van der Waals surface area contributed by atoms with Gasteiger partial charge in [0.25, 0.3) is 0 Å². The Hall–Kier alpha value is -0.100. The van der Waals surface area contributed by atoms with Crippen LogP contribution in [-0.2, 0) is 27.8 Å². The molecule has 0 unspecified atom stereocenters. The van der Waals surface area contributed by atoms with E-state index in [0.717, 1.165) is 0 Å². The van der Waals surface area contributed by atoms with Crippen LogP contribution in [0, 0.1) is 10.8 Å². The van der Waals surface area contributed by atoms with Crippen LogP contribution in [0.15, 0.2) is 0 Å². The van der Waals surface area contributed by atoms with Gasteiger partial charge in [0.1, 0.15) is 0 Å². The van der Waals surface area contributed by atoms with E-state index in [1.54, 1.807) is 0 Å². The molecule has 0 aromatic rings. The summed E-state index contributed by atoms with van der Waals surface area (Å²) in [6, 6.07) is 0. The smallest absolute Gasteiger partial charge is 0.380 e. The summed E-state index contributed by atoms with van der Waals surface area (Å²) >= 11 is 11.0. The lowest BCUT2D eigenvalue weighted by Gasteiger charge is -2.31. The number of hydrogen-bond donors (Lipinski definition) is 2. The maximum absolute atomic E-state index is 12.8. The molecule has 0 saturated heterocycles. The van der Waals surface area contributed by atoms with Gasteiger partial charge in [-0.3, -0.25) is 14.2 Å². The minimum atomic E-state index is -5.49. The summed E-state index contributed by atoms with van der Waals surface area (Å²) in [6.07, 6.45) is 0. The first-order chi connectivity index (χ1) is 9.76. The van der Waals surface area contributed by atoms with E-state index >= 15 is 0 Å². The molecule has 0 aromatic heterocycles. The Morgan fingerprint density at radius 3 is 1.26 bits per heavy atom. The Bertz CT molecular complexity index is 550. The van der Waals surface area contributed by atoms with E-state index in [-0.39, 0.29) is 0 Å². The zero-order chi connectivity index (χ0) is 19.1. The lowest BCUT2D eigenvalue weighted by atomic mass is 9.98. The molecule has 0 heterocycles. The molecule has 0 aliphatic carbocycles. The zero-order valence-corrected chi connectivity index (χ0v) is 16.8. The van der Waals surface area contributed by atoms with Gasteiger partial charge in [-0.1, -0.05) is 23.2 Å². The first-order valence-corrected chi connectivity index (χ1v) is 10.2. The average Bonchev–Trinajstić information content (AvgIpc) is 2.23. The first-order valence-electron chi connectivity index (χ1n) is 6.27. The third-order valence-electron chi connectivity index (χ3n) is 2.31. The third kappa shape index (κ3) is 5.45. The van der Waals surface area contributed by atoms with E-state index in [9.17, 15) is 28.5 Å². The van der Waals surface area contributed by atoms with E-state index in [4.69, 9.17) is 23.2 Å². The highest BCUT2D eigenvalue weighted by atomic mass is 35.5. The van der Waals surface area contributed by atoms with Crippen molar-refractivity contribution in [2.75, 3.05) is 0 Å². The van der Waals surface area contributed by atoms with Crippen molar-refractivity contribution < 1.29 is 37.6 Å². The fourth-order valence-corrected chi connectivity index (χ4v) is 3.96. The SMILES string of the molecule is CC(C)(C)C(=O)OP(=O)(OC(=O)C(C)(C)C)C(Cl)(Cl)P(=O)(O)O. The fourth-order valence-electron chi connectivity index (χ4n) is 0.780. The van der Waals surface area contributed by atoms with Gasteiger partial charge >= 0.3 is 30.9 Å². The topological polar surface area (TPSA) is 127 Å². The molecule has 23 heavy (non-hydrogen) atoms. The maximum Gasteiger partial charge on any atom is 0.483 e. The standard InChI is InChI=1S/C11H20Cl2O8P2/c1-9(2,3)7(14)20-23(19,11(12,13)22(16,17)18)21-8(15)10(4,5)6/h1-6H3,(H2,16,17,18). The fraction of sp³-hybridized carbons (Fsp3) is 0.818. The minimum Gasteiger partial charge on any atom is -0.380 e. The summed E-state index contributed by atoms with van der Waals surface area (Å²) in [7, 11) is -10.8. The first kappa shape index (κ1) is 22.9. The Labute approximate surface area is 144 Å². The van der Waals surface area contributed by atoms with Gasteiger partial charge in [-0.2, -0.15) is 0 Å². The molecule has 8 nitrogen and oxygen atoms in total. The Morgan fingerprint density at radius 2 is 1.09 bits per heavy atom. The number of halogens is 2. The van der Waals surface area contributed by atoms with Crippen molar-refractivity contribution in [1.29, 1.82) is 0 Å².